The molecule has 0 aliphatic rings. The molecule has 0 amide bonds. The van der Waals surface area contributed by atoms with Crippen molar-refractivity contribution in [3.8, 4) is 11.1 Å². The maximum atomic E-state index is 5.49. The fourth-order valence-electron chi connectivity index (χ4n) is 1.97. The molecule has 0 radical (unpaired) electrons. The maximum Gasteiger partial charge on any atom is -0.00772 e. The van der Waals surface area contributed by atoms with Crippen LogP contribution in [0.3, 0.4) is 0 Å². The third kappa shape index (κ3) is 3.43. The molecule has 0 unspecified atom stereocenters. The van der Waals surface area contributed by atoms with Gasteiger partial charge in [0.2, 0.25) is 0 Å². The zero-order valence-corrected chi connectivity index (χ0v) is 10.1. The molecule has 17 heavy (non-hydrogen) atoms. The summed E-state index contributed by atoms with van der Waals surface area (Å²) in [5.41, 5.74) is 9.46. The molecule has 0 aromatic heterocycles. The lowest BCUT2D eigenvalue weighted by molar-refractivity contribution is 0.745. The Bertz CT molecular complexity index is 431. The van der Waals surface area contributed by atoms with Gasteiger partial charge in [-0.1, -0.05) is 54.6 Å². The Kier molecular flexibility index (Phi) is 4.34. The summed E-state index contributed by atoms with van der Waals surface area (Å²) in [6.07, 6.45) is 3.42. The van der Waals surface area contributed by atoms with Gasteiger partial charge in [0.1, 0.15) is 0 Å². The minimum absolute atomic E-state index is 0.794. The van der Waals surface area contributed by atoms with Crippen molar-refractivity contribution in [3.05, 3.63) is 60.2 Å². The number of benzene rings is 2. The summed E-state index contributed by atoms with van der Waals surface area (Å²) in [4.78, 5) is 0. The molecule has 0 saturated carbocycles. The summed E-state index contributed by atoms with van der Waals surface area (Å²) >= 11 is 0. The Hall–Kier alpha value is -1.60. The molecule has 0 atom stereocenters. The van der Waals surface area contributed by atoms with Gasteiger partial charge in [-0.2, -0.15) is 0 Å². The maximum absolute atomic E-state index is 5.49. The van der Waals surface area contributed by atoms with E-state index < -0.39 is 0 Å². The van der Waals surface area contributed by atoms with Crippen LogP contribution in [0.15, 0.2) is 54.6 Å². The number of rotatable bonds is 5. The molecule has 0 fully saturated rings. The molecule has 0 saturated heterocycles. The van der Waals surface area contributed by atoms with Crippen molar-refractivity contribution in [3.63, 3.8) is 0 Å². The van der Waals surface area contributed by atoms with Crippen LogP contribution in [-0.4, -0.2) is 6.54 Å². The van der Waals surface area contributed by atoms with Gasteiger partial charge < -0.3 is 5.73 Å². The first-order valence-electron chi connectivity index (χ1n) is 6.24. The van der Waals surface area contributed by atoms with Gasteiger partial charge in [-0.25, -0.2) is 0 Å². The molecule has 2 rings (SSSR count). The van der Waals surface area contributed by atoms with Crippen LogP contribution in [0.25, 0.3) is 11.1 Å². The standard InChI is InChI=1S/C16H19N/c17-13-5-4-6-14-9-11-16(12-10-14)15-7-2-1-3-8-15/h1-3,7-12H,4-6,13,17H2. The molecule has 1 heteroatoms. The quantitative estimate of drug-likeness (QED) is 0.772. The minimum Gasteiger partial charge on any atom is -0.330 e. The topological polar surface area (TPSA) is 26.0 Å². The van der Waals surface area contributed by atoms with E-state index in [9.17, 15) is 0 Å². The van der Waals surface area contributed by atoms with Crippen molar-refractivity contribution in [2.45, 2.75) is 19.3 Å². The van der Waals surface area contributed by atoms with Crippen LogP contribution in [0, 0.1) is 0 Å². The lowest BCUT2D eigenvalue weighted by atomic mass is 10.0. The molecular weight excluding hydrogens is 206 g/mol. The van der Waals surface area contributed by atoms with Gasteiger partial charge in [0.25, 0.3) is 0 Å². The van der Waals surface area contributed by atoms with Crippen LogP contribution >= 0.6 is 0 Å². The van der Waals surface area contributed by atoms with Gasteiger partial charge in [0, 0.05) is 0 Å². The largest absolute Gasteiger partial charge is 0.330 e. The highest BCUT2D eigenvalue weighted by atomic mass is 14.5. The molecule has 2 aromatic carbocycles. The molecule has 88 valence electrons. The van der Waals surface area contributed by atoms with Crippen molar-refractivity contribution in [2.24, 2.45) is 5.73 Å². The highest BCUT2D eigenvalue weighted by Gasteiger charge is 1.97. The zero-order chi connectivity index (χ0) is 11.9. The van der Waals surface area contributed by atoms with E-state index in [1.165, 1.54) is 23.1 Å². The van der Waals surface area contributed by atoms with Crippen molar-refractivity contribution in [1.82, 2.24) is 0 Å². The minimum atomic E-state index is 0.794. The predicted molar refractivity (Wildman–Crippen MR) is 73.9 cm³/mol. The average molecular weight is 225 g/mol. The number of unbranched alkanes of at least 4 members (excludes halogenated alkanes) is 1. The van der Waals surface area contributed by atoms with Crippen LogP contribution < -0.4 is 5.73 Å². The van der Waals surface area contributed by atoms with Gasteiger partial charge in [-0.15, -0.1) is 0 Å². The van der Waals surface area contributed by atoms with Crippen LogP contribution in [-0.2, 0) is 6.42 Å². The van der Waals surface area contributed by atoms with Gasteiger partial charge in [-0.05, 0) is 42.5 Å². The summed E-state index contributed by atoms with van der Waals surface area (Å²) in [6, 6.07) is 19.3. The van der Waals surface area contributed by atoms with Crippen molar-refractivity contribution in [2.75, 3.05) is 6.54 Å². The fraction of sp³-hybridized carbons (Fsp3) is 0.250. The van der Waals surface area contributed by atoms with E-state index in [4.69, 9.17) is 5.73 Å². The molecule has 1 nitrogen and oxygen atoms in total. The highest BCUT2D eigenvalue weighted by molar-refractivity contribution is 5.63. The lowest BCUT2D eigenvalue weighted by Gasteiger charge is -2.04. The van der Waals surface area contributed by atoms with Crippen molar-refractivity contribution < 1.29 is 0 Å². The fourth-order valence-corrected chi connectivity index (χ4v) is 1.97. The SMILES string of the molecule is NCCCCc1ccc(-c2ccccc2)cc1. The third-order valence-electron chi connectivity index (χ3n) is 2.98. The lowest BCUT2D eigenvalue weighted by Crippen LogP contribution is -1.98. The molecular formula is C16H19N. The van der Waals surface area contributed by atoms with Crippen LogP contribution in [0.2, 0.25) is 0 Å². The smallest absolute Gasteiger partial charge is 0.00772 e. The number of aryl methyl sites for hydroxylation is 1. The molecule has 2 N–H and O–H groups in total. The van der Waals surface area contributed by atoms with Gasteiger partial charge in [0.15, 0.2) is 0 Å². The zero-order valence-electron chi connectivity index (χ0n) is 10.1. The summed E-state index contributed by atoms with van der Waals surface area (Å²) in [6.45, 7) is 0.794. The second-order valence-corrected chi connectivity index (χ2v) is 4.31. The van der Waals surface area contributed by atoms with E-state index in [0.29, 0.717) is 0 Å². The molecule has 0 heterocycles. The summed E-state index contributed by atoms with van der Waals surface area (Å²) in [7, 11) is 0. The van der Waals surface area contributed by atoms with Crippen LogP contribution in [0.1, 0.15) is 18.4 Å². The van der Waals surface area contributed by atoms with E-state index in [2.05, 4.69) is 48.5 Å². The van der Waals surface area contributed by atoms with Crippen molar-refractivity contribution >= 4 is 0 Å². The first-order valence-corrected chi connectivity index (χ1v) is 6.24. The monoisotopic (exact) mass is 225 g/mol. The Morgan fingerprint density at radius 2 is 1.35 bits per heavy atom. The normalized spacial score (nSPS) is 10.4. The second-order valence-electron chi connectivity index (χ2n) is 4.31. The van der Waals surface area contributed by atoms with Crippen LogP contribution in [0.4, 0.5) is 0 Å². The summed E-state index contributed by atoms with van der Waals surface area (Å²) in [5.74, 6) is 0. The van der Waals surface area contributed by atoms with Crippen LogP contribution in [0.5, 0.6) is 0 Å². The Morgan fingerprint density at radius 1 is 0.706 bits per heavy atom. The van der Waals surface area contributed by atoms with E-state index in [-0.39, 0.29) is 0 Å². The number of hydrogen-bond donors (Lipinski definition) is 1. The van der Waals surface area contributed by atoms with E-state index in [1.807, 2.05) is 6.07 Å². The summed E-state index contributed by atoms with van der Waals surface area (Å²) < 4.78 is 0. The van der Waals surface area contributed by atoms with E-state index in [0.717, 1.165) is 19.4 Å². The Morgan fingerprint density at radius 3 is 2.00 bits per heavy atom. The van der Waals surface area contributed by atoms with Gasteiger partial charge >= 0.3 is 0 Å². The van der Waals surface area contributed by atoms with E-state index in [1.54, 1.807) is 0 Å². The Labute approximate surface area is 103 Å². The number of nitrogens with two attached hydrogens (primary N) is 1. The van der Waals surface area contributed by atoms with Crippen molar-refractivity contribution in [1.29, 1.82) is 0 Å². The molecule has 0 aliphatic carbocycles. The average Bonchev–Trinajstić information content (AvgIpc) is 2.41. The third-order valence-corrected chi connectivity index (χ3v) is 2.98. The Balaban J connectivity index is 2.03. The number of hydrogen-bond acceptors (Lipinski definition) is 1. The van der Waals surface area contributed by atoms with E-state index >= 15 is 0 Å². The second kappa shape index (κ2) is 6.21. The van der Waals surface area contributed by atoms with Gasteiger partial charge in [-0.3, -0.25) is 0 Å². The van der Waals surface area contributed by atoms with Gasteiger partial charge in [0.05, 0.1) is 0 Å². The molecule has 2 aromatic rings. The first-order chi connectivity index (χ1) is 8.40. The summed E-state index contributed by atoms with van der Waals surface area (Å²) in [5, 5.41) is 0. The molecule has 0 aliphatic heterocycles. The first kappa shape index (κ1) is 11.9. The predicted octanol–water partition coefficient (Wildman–Crippen LogP) is 3.64. The molecule has 0 spiro atoms. The molecule has 0 bridgehead atoms. The highest BCUT2D eigenvalue weighted by Crippen LogP contribution is 2.19.